The van der Waals surface area contributed by atoms with Crippen molar-refractivity contribution in [3.05, 3.63) is 24.3 Å². The van der Waals surface area contributed by atoms with Gasteiger partial charge in [0.05, 0.1) is 4.90 Å². The fourth-order valence-corrected chi connectivity index (χ4v) is 2.99. The normalized spacial score (nSPS) is 19.7. The van der Waals surface area contributed by atoms with E-state index in [-0.39, 0.29) is 10.9 Å². The Morgan fingerprint density at radius 3 is 2.50 bits per heavy atom. The highest BCUT2D eigenvalue weighted by Crippen LogP contribution is 2.18. The molecule has 0 bridgehead atoms. The molecule has 5 nitrogen and oxygen atoms in total. The lowest BCUT2D eigenvalue weighted by atomic mass is 10.0. The summed E-state index contributed by atoms with van der Waals surface area (Å²) in [5.74, 6) is 0.530. The molecule has 0 radical (unpaired) electrons. The topological polar surface area (TPSA) is 66.5 Å². The lowest BCUT2D eigenvalue weighted by molar-refractivity contribution is 0.182. The van der Waals surface area contributed by atoms with E-state index in [1.54, 1.807) is 17.0 Å². The summed E-state index contributed by atoms with van der Waals surface area (Å²) >= 11 is 0. The van der Waals surface area contributed by atoms with Crippen molar-refractivity contribution in [2.75, 3.05) is 24.7 Å². The molecule has 1 N–H and O–H groups in total. The van der Waals surface area contributed by atoms with E-state index in [1.165, 1.54) is 12.1 Å². The van der Waals surface area contributed by atoms with Gasteiger partial charge in [-0.05, 0) is 43.0 Å². The molecule has 0 unspecified atom stereocenters. The number of benzene rings is 1. The number of rotatable bonds is 2. The molecule has 0 aromatic heterocycles. The number of carbonyl (C=O) groups excluding carboxylic acids is 1. The van der Waals surface area contributed by atoms with Crippen molar-refractivity contribution in [3.8, 4) is 0 Å². The highest BCUT2D eigenvalue weighted by Gasteiger charge is 2.20. The van der Waals surface area contributed by atoms with Gasteiger partial charge >= 0.3 is 6.03 Å². The maximum absolute atomic E-state index is 12.1. The minimum absolute atomic E-state index is 0.122. The molecular weight excluding hydrogens is 276 g/mol. The van der Waals surface area contributed by atoms with Gasteiger partial charge in [0, 0.05) is 25.0 Å². The third kappa shape index (κ3) is 3.72. The minimum Gasteiger partial charge on any atom is -0.324 e. The highest BCUT2D eigenvalue weighted by molar-refractivity contribution is 7.90. The van der Waals surface area contributed by atoms with Gasteiger partial charge in [-0.2, -0.15) is 0 Å². The van der Waals surface area contributed by atoms with Crippen LogP contribution in [0.25, 0.3) is 0 Å². The lowest BCUT2D eigenvalue weighted by Gasteiger charge is -2.30. The number of nitrogens with one attached hydrogen (secondary N) is 1. The van der Waals surface area contributed by atoms with Crippen LogP contribution in [0.2, 0.25) is 0 Å². The summed E-state index contributed by atoms with van der Waals surface area (Å²) in [5.41, 5.74) is 0.612. The number of amides is 2. The lowest BCUT2D eigenvalue weighted by Crippen LogP contribution is -2.41. The summed E-state index contributed by atoms with van der Waals surface area (Å²) in [7, 11) is -3.20. The molecule has 20 heavy (non-hydrogen) atoms. The van der Waals surface area contributed by atoms with Crippen molar-refractivity contribution in [1.29, 1.82) is 0 Å². The van der Waals surface area contributed by atoms with Crippen molar-refractivity contribution in [1.82, 2.24) is 4.90 Å². The predicted octanol–water partition coefficient (Wildman–Crippen LogP) is 2.35. The van der Waals surface area contributed by atoms with Gasteiger partial charge in [-0.15, -0.1) is 0 Å². The average molecular weight is 296 g/mol. The summed E-state index contributed by atoms with van der Waals surface area (Å²) in [6.07, 6.45) is 3.35. The molecule has 0 aliphatic carbocycles. The first kappa shape index (κ1) is 14.8. The number of urea groups is 1. The van der Waals surface area contributed by atoms with Crippen molar-refractivity contribution in [2.45, 2.75) is 24.7 Å². The number of piperidine rings is 1. The summed E-state index contributed by atoms with van der Waals surface area (Å²) < 4.78 is 22.7. The predicted molar refractivity (Wildman–Crippen MR) is 78.5 cm³/mol. The van der Waals surface area contributed by atoms with E-state index >= 15 is 0 Å². The van der Waals surface area contributed by atoms with Crippen LogP contribution < -0.4 is 5.32 Å². The van der Waals surface area contributed by atoms with Gasteiger partial charge in [0.15, 0.2) is 9.84 Å². The second kappa shape index (κ2) is 5.83. The Hall–Kier alpha value is -1.56. The summed E-state index contributed by atoms with van der Waals surface area (Å²) in [5, 5.41) is 2.80. The molecular formula is C14H20N2O3S. The maximum atomic E-state index is 12.1. The van der Waals surface area contributed by atoms with E-state index in [1.807, 2.05) is 0 Å². The molecule has 2 rings (SSSR count). The smallest absolute Gasteiger partial charge is 0.321 e. The molecule has 1 fully saturated rings. The first-order valence-electron chi connectivity index (χ1n) is 6.72. The van der Waals surface area contributed by atoms with Crippen molar-refractivity contribution in [3.63, 3.8) is 0 Å². The Bertz CT molecular complexity index is 581. The molecule has 6 heteroatoms. The molecule has 1 aliphatic heterocycles. The zero-order chi connectivity index (χ0) is 14.8. The van der Waals surface area contributed by atoms with E-state index in [9.17, 15) is 13.2 Å². The third-order valence-corrected chi connectivity index (χ3v) is 4.61. The van der Waals surface area contributed by atoms with Gasteiger partial charge in [0.25, 0.3) is 0 Å². The number of likely N-dealkylation sites (tertiary alicyclic amines) is 1. The Labute approximate surface area is 119 Å². The number of anilines is 1. The molecule has 0 saturated carbocycles. The third-order valence-electron chi connectivity index (χ3n) is 3.48. The van der Waals surface area contributed by atoms with Crippen LogP contribution in [-0.2, 0) is 9.84 Å². The van der Waals surface area contributed by atoms with E-state index in [4.69, 9.17) is 0 Å². The molecule has 110 valence electrons. The van der Waals surface area contributed by atoms with E-state index in [0.717, 1.165) is 32.2 Å². The number of hydrogen-bond donors (Lipinski definition) is 1. The Balaban J connectivity index is 2.01. The standard InChI is InChI=1S/C14H20N2O3S/c1-11-4-3-9-16(10-11)14(17)15-12-5-7-13(8-6-12)20(2,18)19/h5-8,11H,3-4,9-10H2,1-2H3,(H,15,17)/t11-/m0/s1. The second-order valence-electron chi connectivity index (χ2n) is 5.42. The Kier molecular flexibility index (Phi) is 4.32. The van der Waals surface area contributed by atoms with Crippen molar-refractivity contribution >= 4 is 21.6 Å². The van der Waals surface area contributed by atoms with Gasteiger partial charge in [0.1, 0.15) is 0 Å². The van der Waals surface area contributed by atoms with Gasteiger partial charge in [-0.1, -0.05) is 6.92 Å². The maximum Gasteiger partial charge on any atom is 0.321 e. The highest BCUT2D eigenvalue weighted by atomic mass is 32.2. The van der Waals surface area contributed by atoms with Crippen LogP contribution >= 0.6 is 0 Å². The van der Waals surface area contributed by atoms with Gasteiger partial charge in [-0.3, -0.25) is 0 Å². The van der Waals surface area contributed by atoms with Crippen LogP contribution in [0.1, 0.15) is 19.8 Å². The zero-order valence-electron chi connectivity index (χ0n) is 11.8. The molecule has 1 aromatic rings. The van der Waals surface area contributed by atoms with Gasteiger partial charge < -0.3 is 10.2 Å². The van der Waals surface area contributed by atoms with E-state index in [0.29, 0.717) is 11.6 Å². The van der Waals surface area contributed by atoms with Crippen LogP contribution in [0.15, 0.2) is 29.2 Å². The number of hydrogen-bond acceptors (Lipinski definition) is 3. The SMILES string of the molecule is C[C@H]1CCCN(C(=O)Nc2ccc(S(C)(=O)=O)cc2)C1. The molecule has 2 amide bonds. The van der Waals surface area contributed by atoms with Gasteiger partial charge in [0.2, 0.25) is 0 Å². The first-order valence-corrected chi connectivity index (χ1v) is 8.61. The molecule has 1 saturated heterocycles. The van der Waals surface area contributed by atoms with Crippen LogP contribution in [0, 0.1) is 5.92 Å². The molecule has 1 aromatic carbocycles. The van der Waals surface area contributed by atoms with Crippen LogP contribution in [0.3, 0.4) is 0 Å². The molecule has 1 aliphatic rings. The Morgan fingerprint density at radius 2 is 1.95 bits per heavy atom. The van der Waals surface area contributed by atoms with E-state index < -0.39 is 9.84 Å². The zero-order valence-corrected chi connectivity index (χ0v) is 12.6. The molecule has 1 heterocycles. The quantitative estimate of drug-likeness (QED) is 0.911. The fourth-order valence-electron chi connectivity index (χ4n) is 2.36. The summed E-state index contributed by atoms with van der Waals surface area (Å²) in [6.45, 7) is 3.69. The number of nitrogens with zero attached hydrogens (tertiary/aromatic N) is 1. The Morgan fingerprint density at radius 1 is 1.30 bits per heavy atom. The number of carbonyl (C=O) groups is 1. The number of sulfone groups is 1. The molecule has 1 atom stereocenters. The summed E-state index contributed by atoms with van der Waals surface area (Å²) in [4.78, 5) is 14.1. The van der Waals surface area contributed by atoms with Crippen LogP contribution in [-0.4, -0.2) is 38.7 Å². The average Bonchev–Trinajstić information content (AvgIpc) is 2.38. The minimum atomic E-state index is -3.20. The fraction of sp³-hybridized carbons (Fsp3) is 0.500. The van der Waals surface area contributed by atoms with Crippen LogP contribution in [0.5, 0.6) is 0 Å². The van der Waals surface area contributed by atoms with Crippen molar-refractivity contribution in [2.24, 2.45) is 5.92 Å². The monoisotopic (exact) mass is 296 g/mol. The summed E-state index contributed by atoms with van der Waals surface area (Å²) in [6, 6.07) is 6.11. The largest absolute Gasteiger partial charge is 0.324 e. The van der Waals surface area contributed by atoms with Crippen LogP contribution in [0.4, 0.5) is 10.5 Å². The second-order valence-corrected chi connectivity index (χ2v) is 7.44. The molecule has 0 spiro atoms. The first-order chi connectivity index (χ1) is 9.36. The van der Waals surface area contributed by atoms with Crippen molar-refractivity contribution < 1.29 is 13.2 Å². The van der Waals surface area contributed by atoms with E-state index in [2.05, 4.69) is 12.2 Å². The van der Waals surface area contributed by atoms with Gasteiger partial charge in [-0.25, -0.2) is 13.2 Å².